The summed E-state index contributed by atoms with van der Waals surface area (Å²) in [6.45, 7) is 1.96. The first-order chi connectivity index (χ1) is 14.0. The number of benzene rings is 2. The second-order valence-corrected chi connectivity index (χ2v) is 7.73. The van der Waals surface area contributed by atoms with Crippen LogP contribution < -0.4 is 45.8 Å². The average Bonchev–Trinajstić information content (AvgIpc) is 3.27. The fourth-order valence-corrected chi connectivity index (χ4v) is 4.32. The van der Waals surface area contributed by atoms with Gasteiger partial charge in [-0.15, -0.1) is 5.52 Å². The van der Waals surface area contributed by atoms with Crippen LogP contribution in [0, 0.1) is 12.7 Å². The van der Waals surface area contributed by atoms with Gasteiger partial charge in [0.1, 0.15) is 5.82 Å². The molecule has 0 saturated heterocycles. The van der Waals surface area contributed by atoms with Crippen LogP contribution in [-0.2, 0) is 6.54 Å². The van der Waals surface area contributed by atoms with E-state index >= 15 is 0 Å². The van der Waals surface area contributed by atoms with Gasteiger partial charge in [0, 0.05) is 11.1 Å². The van der Waals surface area contributed by atoms with Crippen molar-refractivity contribution in [1.82, 2.24) is 19.3 Å². The Bertz CT molecular complexity index is 1470. The molecule has 0 spiro atoms. The van der Waals surface area contributed by atoms with Gasteiger partial charge in [-0.1, -0.05) is 35.6 Å². The smallest absolute Gasteiger partial charge is 0.585 e. The molecular formula is C21H14FN4NaO2S. The van der Waals surface area contributed by atoms with Crippen LogP contribution in [0.25, 0.3) is 26.3 Å². The molecule has 0 atom stereocenters. The van der Waals surface area contributed by atoms with E-state index in [1.54, 1.807) is 19.1 Å². The van der Waals surface area contributed by atoms with Gasteiger partial charge >= 0.3 is 29.6 Å². The maximum Gasteiger partial charge on any atom is 1.00 e. The molecule has 0 amide bonds. The van der Waals surface area contributed by atoms with Crippen molar-refractivity contribution in [3.05, 3.63) is 92.4 Å². The number of nitrogens with zero attached hydrogens (tertiary/aromatic N) is 4. The third-order valence-corrected chi connectivity index (χ3v) is 5.89. The van der Waals surface area contributed by atoms with Crippen LogP contribution in [-0.4, -0.2) is 14.2 Å². The van der Waals surface area contributed by atoms with Gasteiger partial charge < -0.3 is 14.3 Å². The largest absolute Gasteiger partial charge is 1.00 e. The summed E-state index contributed by atoms with van der Waals surface area (Å²) in [7, 11) is 0. The Balaban J connectivity index is 0.00000218. The number of aromatic nitrogens is 4. The second-order valence-electron chi connectivity index (χ2n) is 6.72. The zero-order valence-electron chi connectivity index (χ0n) is 16.3. The molecule has 5 rings (SSSR count). The molecule has 0 aliphatic heterocycles. The average molecular weight is 428 g/mol. The van der Waals surface area contributed by atoms with Crippen molar-refractivity contribution in [2.75, 3.05) is 0 Å². The van der Waals surface area contributed by atoms with Gasteiger partial charge in [0.2, 0.25) is 11.1 Å². The fourth-order valence-electron chi connectivity index (χ4n) is 3.40. The van der Waals surface area contributed by atoms with Crippen molar-refractivity contribution in [2.45, 2.75) is 13.5 Å². The zero-order valence-corrected chi connectivity index (χ0v) is 19.1. The molecular weight excluding hydrogens is 414 g/mol. The van der Waals surface area contributed by atoms with Gasteiger partial charge in [-0.3, -0.25) is 9.59 Å². The minimum Gasteiger partial charge on any atom is -0.585 e. The quantitative estimate of drug-likeness (QED) is 0.386. The zero-order chi connectivity index (χ0) is 20.1. The number of fused-ring (bicyclic) bond motifs is 2. The van der Waals surface area contributed by atoms with Crippen molar-refractivity contribution in [3.8, 4) is 5.13 Å². The molecule has 5 aromatic rings. The van der Waals surface area contributed by atoms with Crippen LogP contribution in [0.15, 0.2) is 64.2 Å². The second kappa shape index (κ2) is 7.96. The van der Waals surface area contributed by atoms with E-state index in [1.807, 2.05) is 24.3 Å². The van der Waals surface area contributed by atoms with Crippen LogP contribution in [0.3, 0.4) is 0 Å². The Morgan fingerprint density at radius 1 is 1.10 bits per heavy atom. The van der Waals surface area contributed by atoms with E-state index in [9.17, 15) is 14.0 Å². The molecule has 0 fully saturated rings. The summed E-state index contributed by atoms with van der Waals surface area (Å²) in [5.41, 5.74) is 1.83. The van der Waals surface area contributed by atoms with E-state index in [-0.39, 0.29) is 53.0 Å². The molecule has 0 unspecified atom stereocenters. The van der Waals surface area contributed by atoms with Gasteiger partial charge in [0.15, 0.2) is 5.13 Å². The molecule has 0 saturated carbocycles. The maximum absolute atomic E-state index is 13.2. The van der Waals surface area contributed by atoms with Crippen LogP contribution >= 0.6 is 11.3 Å². The van der Waals surface area contributed by atoms with Crippen molar-refractivity contribution >= 4 is 32.5 Å². The number of halogens is 1. The molecule has 0 N–H and O–H groups in total. The van der Waals surface area contributed by atoms with Gasteiger partial charge in [0.05, 0.1) is 16.8 Å². The number of rotatable bonds is 3. The summed E-state index contributed by atoms with van der Waals surface area (Å²) in [5.74, 6) is -0.341. The number of hydrogen-bond acceptors (Lipinski definition) is 4. The summed E-state index contributed by atoms with van der Waals surface area (Å²) in [4.78, 5) is 30.2. The summed E-state index contributed by atoms with van der Waals surface area (Å²) in [6.07, 6.45) is 0. The molecule has 2 aromatic carbocycles. The van der Waals surface area contributed by atoms with Gasteiger partial charge in [-0.2, -0.15) is 0 Å². The maximum atomic E-state index is 13.2. The topological polar surface area (TPSA) is 71.0 Å². The van der Waals surface area contributed by atoms with E-state index in [0.29, 0.717) is 21.7 Å². The van der Waals surface area contributed by atoms with Crippen LogP contribution in [0.2, 0.25) is 0 Å². The third-order valence-electron chi connectivity index (χ3n) is 4.88. The monoisotopic (exact) mass is 428 g/mol. The summed E-state index contributed by atoms with van der Waals surface area (Å²) in [6, 6.07) is 14.9. The number of hydrogen-bond donors (Lipinski definition) is 0. The molecule has 30 heavy (non-hydrogen) atoms. The van der Waals surface area contributed by atoms with Crippen LogP contribution in [0.1, 0.15) is 11.3 Å². The Hall–Kier alpha value is -2.52. The molecule has 144 valence electrons. The van der Waals surface area contributed by atoms with Crippen molar-refractivity contribution < 1.29 is 33.9 Å². The summed E-state index contributed by atoms with van der Waals surface area (Å²) < 4.78 is 16.9. The Morgan fingerprint density at radius 2 is 1.83 bits per heavy atom. The number of thiazole rings is 1. The summed E-state index contributed by atoms with van der Waals surface area (Å²) >= 11 is 1.37. The van der Waals surface area contributed by atoms with Crippen LogP contribution in [0.5, 0.6) is 0 Å². The Kier molecular flexibility index (Phi) is 5.50. The predicted octanol–water partition coefficient (Wildman–Crippen LogP) is 0.219. The normalized spacial score (nSPS) is 11.1. The van der Waals surface area contributed by atoms with E-state index in [1.165, 1.54) is 38.8 Å². The molecule has 0 aliphatic carbocycles. The van der Waals surface area contributed by atoms with Gasteiger partial charge in [-0.05, 0) is 42.8 Å². The first-order valence-electron chi connectivity index (χ1n) is 8.92. The minimum atomic E-state index is -0.341. The van der Waals surface area contributed by atoms with Crippen LogP contribution in [0.4, 0.5) is 4.39 Å². The minimum absolute atomic E-state index is 0. The van der Waals surface area contributed by atoms with Crippen molar-refractivity contribution in [2.24, 2.45) is 0 Å². The van der Waals surface area contributed by atoms with E-state index in [2.05, 4.69) is 10.1 Å². The molecule has 0 bridgehead atoms. The number of para-hydroxylation sites is 1. The third kappa shape index (κ3) is 3.45. The first-order valence-corrected chi connectivity index (χ1v) is 9.73. The molecule has 9 heteroatoms. The molecule has 0 aliphatic rings. The standard InChI is InChI=1S/C21H15FN4O2S.Na/c1-12-19-16(10-18(27)25(12)11-13-6-8-14(22)9-7-13)24-26(20(19)28)21-23-15-4-2-3-5-17(15)29-21;/h2-10H,11H2,1H3,(H,24,27);/q;+1/p-1. The predicted molar refractivity (Wildman–Crippen MR) is 111 cm³/mol. The van der Waals surface area contributed by atoms with Crippen molar-refractivity contribution in [3.63, 3.8) is 0 Å². The Labute approximate surface area is 195 Å². The summed E-state index contributed by atoms with van der Waals surface area (Å²) in [5, 5.41) is 5.19. The Morgan fingerprint density at radius 3 is 2.57 bits per heavy atom. The van der Waals surface area contributed by atoms with E-state index in [0.717, 1.165) is 15.8 Å². The van der Waals surface area contributed by atoms with Gasteiger partial charge in [-0.25, -0.2) is 9.37 Å². The van der Waals surface area contributed by atoms with Gasteiger partial charge in [0.25, 0.3) is 0 Å². The molecule has 3 aromatic heterocycles. The van der Waals surface area contributed by atoms with E-state index in [4.69, 9.17) is 0 Å². The van der Waals surface area contributed by atoms with Crippen molar-refractivity contribution in [1.29, 1.82) is 0 Å². The first kappa shape index (κ1) is 20.7. The molecule has 0 radical (unpaired) electrons. The SMILES string of the molecule is Cc1c2c(=O)n(-c3nc4ccccc4s3)[n-]c2cc(=O)n1Cc1ccc(F)cc1.[Na+]. The fraction of sp³-hybridized carbons (Fsp3) is 0.0952. The number of pyridine rings is 1. The number of aryl methyl sites for hydroxylation is 1. The van der Waals surface area contributed by atoms with E-state index < -0.39 is 0 Å². The molecule has 3 heterocycles. The molecule has 6 nitrogen and oxygen atoms in total.